The van der Waals surface area contributed by atoms with Crippen molar-refractivity contribution in [2.45, 2.75) is 12.7 Å². The van der Waals surface area contributed by atoms with Crippen molar-refractivity contribution < 1.29 is 14.9 Å². The molecule has 0 radical (unpaired) electrons. The van der Waals surface area contributed by atoms with Gasteiger partial charge in [0.15, 0.2) is 0 Å². The summed E-state index contributed by atoms with van der Waals surface area (Å²) in [6.45, 7) is 0.618. The van der Waals surface area contributed by atoms with Crippen LogP contribution in [-0.4, -0.2) is 28.7 Å². The van der Waals surface area contributed by atoms with Crippen LogP contribution in [0.15, 0.2) is 54.6 Å². The lowest BCUT2D eigenvalue weighted by atomic mass is 10.1. The molecule has 0 fully saturated rings. The number of hydrogen-bond donors (Lipinski definition) is 1. The Kier molecular flexibility index (Phi) is 5.60. The molecular weight excluding hydrogens is 284 g/mol. The second-order valence-corrected chi connectivity index (χ2v) is 4.94. The number of benzene rings is 2. The molecule has 0 heterocycles. The Morgan fingerprint density at radius 3 is 2.64 bits per heavy atom. The van der Waals surface area contributed by atoms with Gasteiger partial charge >= 0.3 is 0 Å². The van der Waals surface area contributed by atoms with Crippen LogP contribution in [0.3, 0.4) is 0 Å². The third-order valence-corrected chi connectivity index (χ3v) is 3.19. The first-order valence-corrected chi connectivity index (χ1v) is 6.86. The lowest BCUT2D eigenvalue weighted by Gasteiger charge is -2.20. The summed E-state index contributed by atoms with van der Waals surface area (Å²) in [6, 6.07) is 15.7. The normalized spacial score (nSPS) is 12.3. The molecule has 0 saturated carbocycles. The Morgan fingerprint density at radius 2 is 1.95 bits per heavy atom. The van der Waals surface area contributed by atoms with Crippen LogP contribution in [0.1, 0.15) is 17.2 Å². The Labute approximate surface area is 128 Å². The van der Waals surface area contributed by atoms with Gasteiger partial charge in [0.05, 0.1) is 24.2 Å². The third-order valence-electron chi connectivity index (χ3n) is 3.19. The molecule has 2 aromatic rings. The quantitative estimate of drug-likeness (QED) is 0.628. The van der Waals surface area contributed by atoms with Gasteiger partial charge in [0.2, 0.25) is 0 Å². The number of non-ortho nitro benzene ring substituents is 1. The van der Waals surface area contributed by atoms with Gasteiger partial charge in [0.1, 0.15) is 0 Å². The molecule has 0 aliphatic rings. The van der Waals surface area contributed by atoms with Gasteiger partial charge in [-0.2, -0.15) is 5.06 Å². The first kappa shape index (κ1) is 16.1. The van der Waals surface area contributed by atoms with E-state index in [9.17, 15) is 15.2 Å². The van der Waals surface area contributed by atoms with Gasteiger partial charge in [0.25, 0.3) is 5.69 Å². The van der Waals surface area contributed by atoms with Crippen LogP contribution in [0.4, 0.5) is 5.69 Å². The Morgan fingerprint density at radius 1 is 1.23 bits per heavy atom. The van der Waals surface area contributed by atoms with Crippen LogP contribution in [-0.2, 0) is 11.4 Å². The van der Waals surface area contributed by atoms with Crippen LogP contribution in [0, 0.1) is 10.1 Å². The van der Waals surface area contributed by atoms with Crippen molar-refractivity contribution in [2.24, 2.45) is 0 Å². The zero-order valence-electron chi connectivity index (χ0n) is 12.3. The first-order valence-electron chi connectivity index (χ1n) is 6.86. The molecule has 1 N–H and O–H groups in total. The fraction of sp³-hybridized carbons (Fsp3) is 0.250. The molecule has 0 amide bonds. The highest BCUT2D eigenvalue weighted by Crippen LogP contribution is 2.20. The number of likely N-dealkylation sites (N-methyl/N-ethyl adjacent to an activating group) is 1. The Bertz CT molecular complexity index is 619. The van der Waals surface area contributed by atoms with E-state index in [-0.39, 0.29) is 12.2 Å². The standard InChI is InChI=1S/C16H18N2O4/c1-17(22-12-13-6-3-2-4-7-13)11-16(19)14-8-5-9-15(10-14)18(20)21/h2-10,16,19H,11-12H2,1H3. The molecule has 2 aromatic carbocycles. The number of aliphatic hydroxyl groups excluding tert-OH is 1. The van der Waals surface area contributed by atoms with E-state index in [0.29, 0.717) is 12.2 Å². The van der Waals surface area contributed by atoms with Crippen molar-refractivity contribution in [3.63, 3.8) is 0 Å². The maximum absolute atomic E-state index is 10.7. The minimum Gasteiger partial charge on any atom is -0.387 e. The van der Waals surface area contributed by atoms with E-state index in [1.807, 2.05) is 30.3 Å². The summed E-state index contributed by atoms with van der Waals surface area (Å²) in [5, 5.41) is 22.4. The molecule has 1 unspecified atom stereocenters. The zero-order chi connectivity index (χ0) is 15.9. The first-order chi connectivity index (χ1) is 10.6. The smallest absolute Gasteiger partial charge is 0.269 e. The predicted octanol–water partition coefficient (Wildman–Crippen LogP) is 2.69. The van der Waals surface area contributed by atoms with Crippen LogP contribution >= 0.6 is 0 Å². The fourth-order valence-corrected chi connectivity index (χ4v) is 2.01. The van der Waals surface area contributed by atoms with Gasteiger partial charge < -0.3 is 5.11 Å². The Hall–Kier alpha value is -2.28. The van der Waals surface area contributed by atoms with E-state index in [2.05, 4.69) is 0 Å². The molecule has 6 heteroatoms. The van der Waals surface area contributed by atoms with Crippen LogP contribution < -0.4 is 0 Å². The minimum atomic E-state index is -0.860. The number of nitro groups is 1. The second-order valence-electron chi connectivity index (χ2n) is 4.94. The van der Waals surface area contributed by atoms with E-state index in [4.69, 9.17) is 4.84 Å². The molecule has 0 saturated heterocycles. The number of nitro benzene ring substituents is 1. The highest BCUT2D eigenvalue weighted by atomic mass is 16.7. The lowest BCUT2D eigenvalue weighted by Crippen LogP contribution is -2.25. The van der Waals surface area contributed by atoms with Crippen molar-refractivity contribution in [2.75, 3.05) is 13.6 Å². The van der Waals surface area contributed by atoms with Gasteiger partial charge in [-0.05, 0) is 11.1 Å². The number of rotatable bonds is 7. The number of aliphatic hydroxyl groups is 1. The molecule has 0 aliphatic carbocycles. The van der Waals surface area contributed by atoms with E-state index in [0.717, 1.165) is 5.56 Å². The summed E-state index contributed by atoms with van der Waals surface area (Å²) in [6.07, 6.45) is -0.860. The maximum Gasteiger partial charge on any atom is 0.269 e. The zero-order valence-corrected chi connectivity index (χ0v) is 12.3. The van der Waals surface area contributed by atoms with Gasteiger partial charge in [-0.3, -0.25) is 15.0 Å². The topological polar surface area (TPSA) is 75.8 Å². The van der Waals surface area contributed by atoms with Gasteiger partial charge in [0, 0.05) is 19.2 Å². The van der Waals surface area contributed by atoms with Crippen molar-refractivity contribution in [1.29, 1.82) is 0 Å². The Balaban J connectivity index is 1.89. The molecule has 6 nitrogen and oxygen atoms in total. The second kappa shape index (κ2) is 7.65. The van der Waals surface area contributed by atoms with Gasteiger partial charge in [-0.15, -0.1) is 0 Å². The summed E-state index contributed by atoms with van der Waals surface area (Å²) in [7, 11) is 1.71. The number of hydroxylamine groups is 2. The predicted molar refractivity (Wildman–Crippen MR) is 81.9 cm³/mol. The van der Waals surface area contributed by atoms with E-state index in [1.54, 1.807) is 19.2 Å². The highest BCUT2D eigenvalue weighted by Gasteiger charge is 2.14. The number of hydrogen-bond acceptors (Lipinski definition) is 5. The molecule has 0 aromatic heterocycles. The molecule has 22 heavy (non-hydrogen) atoms. The van der Waals surface area contributed by atoms with E-state index in [1.165, 1.54) is 17.2 Å². The minimum absolute atomic E-state index is 0.0376. The molecule has 0 bridgehead atoms. The van der Waals surface area contributed by atoms with Crippen molar-refractivity contribution in [1.82, 2.24) is 5.06 Å². The maximum atomic E-state index is 10.7. The third kappa shape index (κ3) is 4.63. The van der Waals surface area contributed by atoms with E-state index < -0.39 is 11.0 Å². The average molecular weight is 302 g/mol. The lowest BCUT2D eigenvalue weighted by molar-refractivity contribution is -0.385. The summed E-state index contributed by atoms with van der Waals surface area (Å²) in [5.41, 5.74) is 1.48. The summed E-state index contributed by atoms with van der Waals surface area (Å²) >= 11 is 0. The molecule has 2 rings (SSSR count). The summed E-state index contributed by atoms with van der Waals surface area (Å²) in [5.74, 6) is 0. The summed E-state index contributed by atoms with van der Waals surface area (Å²) in [4.78, 5) is 15.8. The van der Waals surface area contributed by atoms with Gasteiger partial charge in [-0.25, -0.2) is 0 Å². The molecule has 116 valence electrons. The largest absolute Gasteiger partial charge is 0.387 e. The molecular formula is C16H18N2O4. The number of nitrogens with zero attached hydrogens (tertiary/aromatic N) is 2. The highest BCUT2D eigenvalue weighted by molar-refractivity contribution is 5.35. The van der Waals surface area contributed by atoms with Crippen molar-refractivity contribution in [3.05, 3.63) is 75.8 Å². The molecule has 0 spiro atoms. The summed E-state index contributed by atoms with van der Waals surface area (Å²) < 4.78 is 0. The molecule has 0 aliphatic heterocycles. The van der Waals surface area contributed by atoms with Crippen molar-refractivity contribution in [3.8, 4) is 0 Å². The van der Waals surface area contributed by atoms with Gasteiger partial charge in [-0.1, -0.05) is 42.5 Å². The van der Waals surface area contributed by atoms with Crippen LogP contribution in [0.25, 0.3) is 0 Å². The van der Waals surface area contributed by atoms with E-state index >= 15 is 0 Å². The van der Waals surface area contributed by atoms with Crippen molar-refractivity contribution >= 4 is 5.69 Å². The van der Waals surface area contributed by atoms with Crippen LogP contribution in [0.2, 0.25) is 0 Å². The van der Waals surface area contributed by atoms with Crippen LogP contribution in [0.5, 0.6) is 0 Å². The monoisotopic (exact) mass is 302 g/mol. The SMILES string of the molecule is CN(CC(O)c1cccc([N+](=O)[O-])c1)OCc1ccccc1. The average Bonchev–Trinajstić information content (AvgIpc) is 2.54. The fourth-order valence-electron chi connectivity index (χ4n) is 2.01. The molecule has 1 atom stereocenters.